The third-order valence-electron chi connectivity index (χ3n) is 1.30. The molecule has 0 amide bonds. The Morgan fingerprint density at radius 2 is 2.30 bits per heavy atom. The minimum absolute atomic E-state index is 0.108. The zero-order valence-electron chi connectivity index (χ0n) is 6.68. The van der Waals surface area contributed by atoms with Crippen molar-refractivity contribution < 1.29 is 4.74 Å². The van der Waals surface area contributed by atoms with E-state index < -0.39 is 0 Å². The third-order valence-corrected chi connectivity index (χ3v) is 1.30. The van der Waals surface area contributed by atoms with E-state index in [-0.39, 0.29) is 11.9 Å². The molecule has 0 aliphatic rings. The van der Waals surface area contributed by atoms with E-state index in [9.17, 15) is 0 Å². The van der Waals surface area contributed by atoms with Gasteiger partial charge in [0.05, 0.1) is 0 Å². The lowest BCUT2D eigenvalue weighted by Gasteiger charge is -2.09. The Morgan fingerprint density at radius 3 is 2.70 bits per heavy atom. The molecule has 0 saturated heterocycles. The molecule has 0 saturated carbocycles. The van der Waals surface area contributed by atoms with E-state index in [4.69, 9.17) is 15.9 Å². The van der Waals surface area contributed by atoms with Gasteiger partial charge < -0.3 is 10.5 Å². The SMILES string of the molecule is CCCCOC(C)C(=N)N. The number of nitrogens with one attached hydrogen (secondary N) is 1. The van der Waals surface area contributed by atoms with Crippen LogP contribution >= 0.6 is 0 Å². The Balaban J connectivity index is 3.21. The van der Waals surface area contributed by atoms with Gasteiger partial charge in [-0.15, -0.1) is 0 Å². The molecule has 0 radical (unpaired) electrons. The molecule has 1 atom stereocenters. The highest BCUT2D eigenvalue weighted by Crippen LogP contribution is 1.93. The molecule has 10 heavy (non-hydrogen) atoms. The first-order chi connectivity index (χ1) is 4.68. The molecule has 0 aromatic rings. The van der Waals surface area contributed by atoms with Gasteiger partial charge in [-0.1, -0.05) is 13.3 Å². The van der Waals surface area contributed by atoms with Gasteiger partial charge in [-0.3, -0.25) is 5.41 Å². The first-order valence-electron chi connectivity index (χ1n) is 3.64. The Kier molecular flexibility index (Phi) is 4.94. The van der Waals surface area contributed by atoms with Crippen molar-refractivity contribution in [2.45, 2.75) is 32.8 Å². The largest absolute Gasteiger partial charge is 0.385 e. The third kappa shape index (κ3) is 4.32. The molecule has 0 aliphatic carbocycles. The van der Waals surface area contributed by atoms with Crippen molar-refractivity contribution in [1.82, 2.24) is 0 Å². The van der Waals surface area contributed by atoms with E-state index in [1.165, 1.54) is 0 Å². The molecule has 0 rings (SSSR count). The van der Waals surface area contributed by atoms with Crippen molar-refractivity contribution in [2.75, 3.05) is 6.61 Å². The smallest absolute Gasteiger partial charge is 0.120 e. The van der Waals surface area contributed by atoms with Crippen LogP contribution < -0.4 is 5.73 Å². The van der Waals surface area contributed by atoms with Crippen molar-refractivity contribution in [1.29, 1.82) is 5.41 Å². The van der Waals surface area contributed by atoms with E-state index >= 15 is 0 Å². The summed E-state index contributed by atoms with van der Waals surface area (Å²) in [5.74, 6) is 0.108. The van der Waals surface area contributed by atoms with Crippen LogP contribution in [0.4, 0.5) is 0 Å². The van der Waals surface area contributed by atoms with E-state index in [1.54, 1.807) is 6.92 Å². The van der Waals surface area contributed by atoms with E-state index in [1.807, 2.05) is 0 Å². The lowest BCUT2D eigenvalue weighted by Crippen LogP contribution is -2.27. The summed E-state index contributed by atoms with van der Waals surface area (Å²) in [6.45, 7) is 4.59. The van der Waals surface area contributed by atoms with Crippen LogP contribution in [0.5, 0.6) is 0 Å². The second-order valence-corrected chi connectivity index (χ2v) is 2.32. The summed E-state index contributed by atoms with van der Waals surface area (Å²) in [6.07, 6.45) is 1.94. The van der Waals surface area contributed by atoms with Gasteiger partial charge in [0, 0.05) is 6.61 Å². The summed E-state index contributed by atoms with van der Waals surface area (Å²) >= 11 is 0. The summed E-state index contributed by atoms with van der Waals surface area (Å²) in [5, 5.41) is 6.99. The number of unbranched alkanes of at least 4 members (excludes halogenated alkanes) is 1. The molecule has 3 N–H and O–H groups in total. The second-order valence-electron chi connectivity index (χ2n) is 2.32. The van der Waals surface area contributed by atoms with Crippen LogP contribution in [0.15, 0.2) is 0 Å². The Bertz CT molecular complexity index is 104. The van der Waals surface area contributed by atoms with Gasteiger partial charge in [0.2, 0.25) is 0 Å². The highest BCUT2D eigenvalue weighted by molar-refractivity contribution is 5.81. The van der Waals surface area contributed by atoms with Gasteiger partial charge in [0.1, 0.15) is 11.9 Å². The molecule has 0 bridgehead atoms. The summed E-state index contributed by atoms with van der Waals surface area (Å²) in [4.78, 5) is 0. The number of hydrogen-bond donors (Lipinski definition) is 2. The van der Waals surface area contributed by atoms with Crippen LogP contribution in [0, 0.1) is 5.41 Å². The molecule has 0 aliphatic heterocycles. The number of ether oxygens (including phenoxy) is 1. The predicted octanol–water partition coefficient (Wildman–Crippen LogP) is 1.13. The molecule has 3 nitrogen and oxygen atoms in total. The fourth-order valence-electron chi connectivity index (χ4n) is 0.494. The van der Waals surface area contributed by atoms with Crippen molar-refractivity contribution in [3.63, 3.8) is 0 Å². The summed E-state index contributed by atoms with van der Waals surface area (Å²) in [6, 6.07) is 0. The average molecular weight is 144 g/mol. The van der Waals surface area contributed by atoms with Gasteiger partial charge in [-0.2, -0.15) is 0 Å². The molecule has 0 aromatic carbocycles. The molecular weight excluding hydrogens is 128 g/mol. The van der Waals surface area contributed by atoms with Crippen molar-refractivity contribution in [3.05, 3.63) is 0 Å². The zero-order chi connectivity index (χ0) is 7.98. The topological polar surface area (TPSA) is 59.1 Å². The minimum atomic E-state index is -0.216. The number of rotatable bonds is 5. The molecule has 0 fully saturated rings. The fraction of sp³-hybridized carbons (Fsp3) is 0.857. The lowest BCUT2D eigenvalue weighted by atomic mass is 10.3. The number of hydrogen-bond acceptors (Lipinski definition) is 2. The lowest BCUT2D eigenvalue weighted by molar-refractivity contribution is 0.106. The van der Waals surface area contributed by atoms with Gasteiger partial charge >= 0.3 is 0 Å². The van der Waals surface area contributed by atoms with Crippen molar-refractivity contribution >= 4 is 5.84 Å². The standard InChI is InChI=1S/C7H16N2O/c1-3-4-5-10-6(2)7(8)9/h6H,3-5H2,1-2H3,(H3,8,9). The second kappa shape index (κ2) is 5.23. The van der Waals surface area contributed by atoms with Gasteiger partial charge in [0.25, 0.3) is 0 Å². The molecule has 0 aromatic heterocycles. The Hall–Kier alpha value is -0.570. The maximum absolute atomic E-state index is 6.99. The maximum Gasteiger partial charge on any atom is 0.120 e. The highest BCUT2D eigenvalue weighted by Gasteiger charge is 2.02. The van der Waals surface area contributed by atoms with Gasteiger partial charge in [-0.25, -0.2) is 0 Å². The number of amidine groups is 1. The zero-order valence-corrected chi connectivity index (χ0v) is 6.68. The van der Waals surface area contributed by atoms with Crippen molar-refractivity contribution in [2.24, 2.45) is 5.73 Å². The van der Waals surface area contributed by atoms with Crippen LogP contribution in [0.25, 0.3) is 0 Å². The van der Waals surface area contributed by atoms with E-state index in [2.05, 4.69) is 6.92 Å². The highest BCUT2D eigenvalue weighted by atomic mass is 16.5. The molecular formula is C7H16N2O. The monoisotopic (exact) mass is 144 g/mol. The van der Waals surface area contributed by atoms with Crippen LogP contribution in [-0.4, -0.2) is 18.5 Å². The van der Waals surface area contributed by atoms with Crippen LogP contribution in [0.3, 0.4) is 0 Å². The van der Waals surface area contributed by atoms with Crippen LogP contribution in [0.1, 0.15) is 26.7 Å². The quantitative estimate of drug-likeness (QED) is 0.345. The van der Waals surface area contributed by atoms with Crippen LogP contribution in [-0.2, 0) is 4.74 Å². The molecule has 3 heteroatoms. The summed E-state index contributed by atoms with van der Waals surface area (Å²) < 4.78 is 5.19. The minimum Gasteiger partial charge on any atom is -0.385 e. The first-order valence-corrected chi connectivity index (χ1v) is 3.64. The molecule has 1 unspecified atom stereocenters. The van der Waals surface area contributed by atoms with Gasteiger partial charge in [-0.05, 0) is 13.3 Å². The van der Waals surface area contributed by atoms with E-state index in [0.29, 0.717) is 6.61 Å². The molecule has 60 valence electrons. The number of nitrogens with two attached hydrogens (primary N) is 1. The van der Waals surface area contributed by atoms with Crippen LogP contribution in [0.2, 0.25) is 0 Å². The predicted molar refractivity (Wildman–Crippen MR) is 42.2 cm³/mol. The molecule has 0 heterocycles. The molecule has 0 spiro atoms. The average Bonchev–Trinajstić information content (AvgIpc) is 1.88. The first kappa shape index (κ1) is 9.43. The fourth-order valence-corrected chi connectivity index (χ4v) is 0.494. The Labute approximate surface area is 62.1 Å². The maximum atomic E-state index is 6.99. The summed E-state index contributed by atoms with van der Waals surface area (Å²) in [7, 11) is 0. The Morgan fingerprint density at radius 1 is 1.70 bits per heavy atom. The van der Waals surface area contributed by atoms with Gasteiger partial charge in [0.15, 0.2) is 0 Å². The van der Waals surface area contributed by atoms with Crippen molar-refractivity contribution in [3.8, 4) is 0 Å². The van der Waals surface area contributed by atoms with E-state index in [0.717, 1.165) is 12.8 Å². The summed E-state index contributed by atoms with van der Waals surface area (Å²) in [5.41, 5.74) is 5.18. The normalized spacial score (nSPS) is 13.0.